The van der Waals surface area contributed by atoms with Gasteiger partial charge in [-0.15, -0.1) is 0 Å². The highest BCUT2D eigenvalue weighted by Crippen LogP contribution is 2.33. The standard InChI is InChI=1S/C24H34N2O3/c1-5-25(6-2)13-15-27-19-9-11-23-21(17-19)22-18-20(10-12-24(22)29-23)28-16-14-26(7-3)8-4/h9-12,17-18H,5-8,13-16H2,1-4H3. The molecule has 3 rings (SSSR count). The molecule has 0 bridgehead atoms. The Balaban J connectivity index is 1.71. The first-order chi connectivity index (χ1) is 14.2. The molecule has 0 unspecified atom stereocenters. The van der Waals surface area contributed by atoms with Crippen molar-refractivity contribution in [3.63, 3.8) is 0 Å². The number of ether oxygens (including phenoxy) is 2. The molecular formula is C24H34N2O3. The maximum atomic E-state index is 5.99. The second-order valence-corrected chi connectivity index (χ2v) is 7.17. The van der Waals surface area contributed by atoms with Crippen LogP contribution in [0, 0.1) is 0 Å². The van der Waals surface area contributed by atoms with E-state index in [1.54, 1.807) is 0 Å². The predicted molar refractivity (Wildman–Crippen MR) is 120 cm³/mol. The van der Waals surface area contributed by atoms with Crippen molar-refractivity contribution in [2.45, 2.75) is 27.7 Å². The van der Waals surface area contributed by atoms with E-state index in [9.17, 15) is 0 Å². The van der Waals surface area contributed by atoms with E-state index >= 15 is 0 Å². The maximum absolute atomic E-state index is 5.99. The highest BCUT2D eigenvalue weighted by molar-refractivity contribution is 6.05. The van der Waals surface area contributed by atoms with Gasteiger partial charge in [0.15, 0.2) is 0 Å². The molecule has 0 amide bonds. The number of fused-ring (bicyclic) bond motifs is 3. The summed E-state index contributed by atoms with van der Waals surface area (Å²) in [4.78, 5) is 4.71. The highest BCUT2D eigenvalue weighted by Gasteiger charge is 2.10. The number of furan rings is 1. The minimum absolute atomic E-state index is 0.683. The summed E-state index contributed by atoms with van der Waals surface area (Å²) < 4.78 is 18.0. The number of hydrogen-bond acceptors (Lipinski definition) is 5. The van der Waals surface area contributed by atoms with E-state index in [0.29, 0.717) is 13.2 Å². The van der Waals surface area contributed by atoms with Crippen molar-refractivity contribution < 1.29 is 13.9 Å². The third-order valence-corrected chi connectivity index (χ3v) is 5.55. The second-order valence-electron chi connectivity index (χ2n) is 7.17. The molecule has 158 valence electrons. The third-order valence-electron chi connectivity index (χ3n) is 5.55. The van der Waals surface area contributed by atoms with Crippen molar-refractivity contribution in [1.29, 1.82) is 0 Å². The lowest BCUT2D eigenvalue weighted by atomic mass is 10.1. The summed E-state index contributed by atoms with van der Waals surface area (Å²) in [5.41, 5.74) is 1.74. The number of rotatable bonds is 12. The molecular weight excluding hydrogens is 364 g/mol. The summed E-state index contributed by atoms with van der Waals surface area (Å²) in [6.45, 7) is 16.1. The van der Waals surface area contributed by atoms with Crippen LogP contribution in [0.2, 0.25) is 0 Å². The van der Waals surface area contributed by atoms with Crippen LogP contribution in [0.5, 0.6) is 11.5 Å². The Kier molecular flexibility index (Phi) is 7.78. The molecule has 0 fully saturated rings. The number of likely N-dealkylation sites (N-methyl/N-ethyl adjacent to an activating group) is 2. The van der Waals surface area contributed by atoms with E-state index < -0.39 is 0 Å². The van der Waals surface area contributed by atoms with Crippen molar-refractivity contribution in [3.05, 3.63) is 36.4 Å². The van der Waals surface area contributed by atoms with Crippen LogP contribution in [0.3, 0.4) is 0 Å². The topological polar surface area (TPSA) is 38.1 Å². The third kappa shape index (κ3) is 5.43. The van der Waals surface area contributed by atoms with Gasteiger partial charge in [-0.2, -0.15) is 0 Å². The monoisotopic (exact) mass is 398 g/mol. The first kappa shape index (κ1) is 21.5. The first-order valence-electron chi connectivity index (χ1n) is 10.8. The van der Waals surface area contributed by atoms with Crippen LogP contribution in [0.25, 0.3) is 21.9 Å². The molecule has 0 aliphatic carbocycles. The summed E-state index contributed by atoms with van der Waals surface area (Å²) in [5.74, 6) is 1.75. The summed E-state index contributed by atoms with van der Waals surface area (Å²) in [7, 11) is 0. The van der Waals surface area contributed by atoms with Crippen LogP contribution < -0.4 is 9.47 Å². The van der Waals surface area contributed by atoms with Crippen molar-refractivity contribution in [3.8, 4) is 11.5 Å². The van der Waals surface area contributed by atoms with Crippen LogP contribution in [0.4, 0.5) is 0 Å². The van der Waals surface area contributed by atoms with Crippen LogP contribution in [0.1, 0.15) is 27.7 Å². The molecule has 0 radical (unpaired) electrons. The van der Waals surface area contributed by atoms with E-state index in [4.69, 9.17) is 13.9 Å². The van der Waals surface area contributed by atoms with Gasteiger partial charge in [0.2, 0.25) is 0 Å². The summed E-state index contributed by atoms with van der Waals surface area (Å²) in [5, 5.41) is 2.13. The molecule has 1 aromatic heterocycles. The van der Waals surface area contributed by atoms with Crippen LogP contribution in [0.15, 0.2) is 40.8 Å². The number of nitrogens with zero attached hydrogens (tertiary/aromatic N) is 2. The first-order valence-corrected chi connectivity index (χ1v) is 10.8. The van der Waals surface area contributed by atoms with E-state index in [1.165, 1.54) is 0 Å². The van der Waals surface area contributed by atoms with Gasteiger partial charge in [-0.05, 0) is 62.6 Å². The van der Waals surface area contributed by atoms with E-state index in [-0.39, 0.29) is 0 Å². The molecule has 0 aliphatic heterocycles. The van der Waals surface area contributed by atoms with Gasteiger partial charge in [0.05, 0.1) is 0 Å². The number of benzene rings is 2. The zero-order valence-corrected chi connectivity index (χ0v) is 18.2. The lowest BCUT2D eigenvalue weighted by Gasteiger charge is -2.18. The average molecular weight is 399 g/mol. The lowest BCUT2D eigenvalue weighted by Crippen LogP contribution is -2.27. The van der Waals surface area contributed by atoms with Gasteiger partial charge in [-0.3, -0.25) is 0 Å². The number of hydrogen-bond donors (Lipinski definition) is 0. The molecule has 2 aromatic carbocycles. The minimum Gasteiger partial charge on any atom is -0.492 e. The minimum atomic E-state index is 0.683. The van der Waals surface area contributed by atoms with Crippen molar-refractivity contribution in [2.24, 2.45) is 0 Å². The van der Waals surface area contributed by atoms with Gasteiger partial charge >= 0.3 is 0 Å². The average Bonchev–Trinajstić information content (AvgIpc) is 3.11. The van der Waals surface area contributed by atoms with E-state index in [2.05, 4.69) is 49.6 Å². The fraction of sp³-hybridized carbons (Fsp3) is 0.500. The Morgan fingerprint density at radius 2 is 1.07 bits per heavy atom. The van der Waals surface area contributed by atoms with Crippen molar-refractivity contribution in [2.75, 3.05) is 52.5 Å². The zero-order valence-electron chi connectivity index (χ0n) is 18.2. The highest BCUT2D eigenvalue weighted by atomic mass is 16.5. The summed E-state index contributed by atoms with van der Waals surface area (Å²) in [6.07, 6.45) is 0. The summed E-state index contributed by atoms with van der Waals surface area (Å²) in [6, 6.07) is 12.1. The van der Waals surface area contributed by atoms with Gasteiger partial charge in [0, 0.05) is 23.9 Å². The van der Waals surface area contributed by atoms with E-state index in [0.717, 1.165) is 72.7 Å². The molecule has 1 heterocycles. The van der Waals surface area contributed by atoms with Crippen LogP contribution >= 0.6 is 0 Å². The molecule has 3 aromatic rings. The fourth-order valence-electron chi connectivity index (χ4n) is 3.58. The molecule has 0 atom stereocenters. The molecule has 5 nitrogen and oxygen atoms in total. The van der Waals surface area contributed by atoms with Crippen LogP contribution in [-0.4, -0.2) is 62.3 Å². The van der Waals surface area contributed by atoms with Gasteiger partial charge in [0.1, 0.15) is 35.9 Å². The fourth-order valence-corrected chi connectivity index (χ4v) is 3.58. The molecule has 5 heteroatoms. The molecule has 0 aliphatic rings. The Hall–Kier alpha value is -2.24. The molecule has 29 heavy (non-hydrogen) atoms. The molecule has 0 spiro atoms. The van der Waals surface area contributed by atoms with Crippen LogP contribution in [-0.2, 0) is 0 Å². The second kappa shape index (κ2) is 10.5. The Bertz CT molecular complexity index is 825. The van der Waals surface area contributed by atoms with Gasteiger partial charge in [-0.25, -0.2) is 0 Å². The predicted octanol–water partition coefficient (Wildman–Crippen LogP) is 5.03. The SMILES string of the molecule is CCN(CC)CCOc1ccc2oc3ccc(OCCN(CC)CC)cc3c2c1. The Morgan fingerprint density at radius 3 is 1.45 bits per heavy atom. The van der Waals surface area contributed by atoms with Crippen molar-refractivity contribution in [1.82, 2.24) is 9.80 Å². The van der Waals surface area contributed by atoms with E-state index in [1.807, 2.05) is 24.3 Å². The largest absolute Gasteiger partial charge is 0.492 e. The zero-order chi connectivity index (χ0) is 20.6. The smallest absolute Gasteiger partial charge is 0.135 e. The maximum Gasteiger partial charge on any atom is 0.135 e. The summed E-state index contributed by atoms with van der Waals surface area (Å²) >= 11 is 0. The lowest BCUT2D eigenvalue weighted by molar-refractivity contribution is 0.223. The molecule has 0 N–H and O–H groups in total. The van der Waals surface area contributed by atoms with Gasteiger partial charge in [-0.1, -0.05) is 27.7 Å². The Labute approximate surface area is 174 Å². The molecule has 0 saturated carbocycles. The van der Waals surface area contributed by atoms with Gasteiger partial charge < -0.3 is 23.7 Å². The normalized spacial score (nSPS) is 11.8. The molecule has 0 saturated heterocycles. The quantitative estimate of drug-likeness (QED) is 0.428. The van der Waals surface area contributed by atoms with Gasteiger partial charge in [0.25, 0.3) is 0 Å². The van der Waals surface area contributed by atoms with Crippen molar-refractivity contribution >= 4 is 21.9 Å². The Morgan fingerprint density at radius 1 is 0.655 bits per heavy atom.